The Morgan fingerprint density at radius 1 is 1.28 bits per heavy atom. The van der Waals surface area contributed by atoms with Gasteiger partial charge < -0.3 is 5.73 Å². The van der Waals surface area contributed by atoms with Crippen LogP contribution in [0.25, 0.3) is 0 Å². The van der Waals surface area contributed by atoms with E-state index in [-0.39, 0.29) is 12.4 Å². The fourth-order valence-corrected chi connectivity index (χ4v) is 3.12. The third-order valence-corrected chi connectivity index (χ3v) is 3.87. The Morgan fingerprint density at radius 3 is 2.39 bits per heavy atom. The Labute approximate surface area is 125 Å². The van der Waals surface area contributed by atoms with Gasteiger partial charge in [0.05, 0.1) is 0 Å². The lowest BCUT2D eigenvalue weighted by atomic mass is 10.1. The fraction of sp³-hybridized carbons (Fsp3) is 0.538. The number of nitrogens with zero attached hydrogens (tertiary/aromatic N) is 1. The summed E-state index contributed by atoms with van der Waals surface area (Å²) < 4.78 is 0. The zero-order valence-electron chi connectivity index (χ0n) is 10.4. The molecule has 1 heterocycles. The van der Waals surface area contributed by atoms with Crippen LogP contribution in [0.4, 0.5) is 0 Å². The molecule has 0 amide bonds. The minimum absolute atomic E-state index is 0. The average molecular weight is 310 g/mol. The van der Waals surface area contributed by atoms with Crippen LogP contribution < -0.4 is 5.73 Å². The van der Waals surface area contributed by atoms with Crippen LogP contribution in [0, 0.1) is 5.92 Å². The summed E-state index contributed by atoms with van der Waals surface area (Å²) in [5, 5.41) is 1.41. The van der Waals surface area contributed by atoms with Gasteiger partial charge in [-0.05, 0) is 49.6 Å². The number of likely N-dealkylation sites (tertiary alicyclic amines) is 1. The van der Waals surface area contributed by atoms with Crippen molar-refractivity contribution in [3.05, 3.63) is 33.8 Å². The Balaban J connectivity index is 0.00000162. The summed E-state index contributed by atoms with van der Waals surface area (Å²) in [5.74, 6) is 0.625. The van der Waals surface area contributed by atoms with Crippen molar-refractivity contribution in [2.45, 2.75) is 25.9 Å². The topological polar surface area (TPSA) is 29.3 Å². The van der Waals surface area contributed by atoms with Gasteiger partial charge in [0.1, 0.15) is 0 Å². The Kier molecular flexibility index (Phi) is 6.22. The summed E-state index contributed by atoms with van der Waals surface area (Å²) >= 11 is 12.0. The van der Waals surface area contributed by atoms with Gasteiger partial charge in [-0.25, -0.2) is 0 Å². The van der Waals surface area contributed by atoms with Gasteiger partial charge >= 0.3 is 0 Å². The van der Waals surface area contributed by atoms with E-state index in [4.69, 9.17) is 28.9 Å². The third kappa shape index (κ3) is 4.01. The molecule has 0 radical (unpaired) electrons. The van der Waals surface area contributed by atoms with Gasteiger partial charge in [-0.15, -0.1) is 12.4 Å². The van der Waals surface area contributed by atoms with Gasteiger partial charge in [-0.3, -0.25) is 4.90 Å². The van der Waals surface area contributed by atoms with E-state index in [0.717, 1.165) is 19.6 Å². The standard InChI is InChI=1S/C13H18Cl2N2.ClH/c1-9-2-11(6-16)8-17(9)7-10-3-12(14)5-13(15)4-10;/h3-5,9,11H,2,6-8,16H2,1H3;1H. The van der Waals surface area contributed by atoms with Crippen LogP contribution in [0.15, 0.2) is 18.2 Å². The molecule has 2 N–H and O–H groups in total. The molecule has 2 rings (SSSR count). The summed E-state index contributed by atoms with van der Waals surface area (Å²) in [6, 6.07) is 6.32. The van der Waals surface area contributed by atoms with E-state index in [0.29, 0.717) is 22.0 Å². The average Bonchev–Trinajstić information content (AvgIpc) is 2.58. The molecule has 102 valence electrons. The maximum absolute atomic E-state index is 6.00. The second-order valence-electron chi connectivity index (χ2n) is 4.89. The molecular weight excluding hydrogens is 291 g/mol. The molecule has 1 aliphatic rings. The highest BCUT2D eigenvalue weighted by Crippen LogP contribution is 2.26. The van der Waals surface area contributed by atoms with Crippen molar-refractivity contribution < 1.29 is 0 Å². The number of nitrogens with two attached hydrogens (primary N) is 1. The number of benzene rings is 1. The molecule has 18 heavy (non-hydrogen) atoms. The normalized spacial score (nSPS) is 24.0. The Hall–Kier alpha value is 0.01000. The minimum Gasteiger partial charge on any atom is -0.330 e. The van der Waals surface area contributed by atoms with Crippen LogP contribution in [0.2, 0.25) is 10.0 Å². The molecule has 1 aromatic carbocycles. The molecule has 1 saturated heterocycles. The van der Waals surface area contributed by atoms with Crippen LogP contribution in [-0.2, 0) is 6.54 Å². The summed E-state index contributed by atoms with van der Waals surface area (Å²) in [4.78, 5) is 2.44. The molecule has 0 saturated carbocycles. The predicted octanol–water partition coefficient (Wildman–Crippen LogP) is 3.58. The van der Waals surface area contributed by atoms with Crippen molar-refractivity contribution in [3.8, 4) is 0 Å². The number of rotatable bonds is 3. The molecule has 0 spiro atoms. The van der Waals surface area contributed by atoms with E-state index in [1.165, 1.54) is 12.0 Å². The lowest BCUT2D eigenvalue weighted by Crippen LogP contribution is -2.27. The SMILES string of the molecule is CC1CC(CN)CN1Cc1cc(Cl)cc(Cl)c1.Cl. The van der Waals surface area contributed by atoms with E-state index in [1.54, 1.807) is 6.07 Å². The van der Waals surface area contributed by atoms with Gasteiger partial charge in [0.2, 0.25) is 0 Å². The maximum Gasteiger partial charge on any atom is 0.0424 e. The van der Waals surface area contributed by atoms with Gasteiger partial charge in [-0.2, -0.15) is 0 Å². The van der Waals surface area contributed by atoms with Gasteiger partial charge in [0.25, 0.3) is 0 Å². The van der Waals surface area contributed by atoms with Crippen molar-refractivity contribution in [1.29, 1.82) is 0 Å². The second-order valence-corrected chi connectivity index (χ2v) is 5.77. The predicted molar refractivity (Wildman–Crippen MR) is 80.7 cm³/mol. The van der Waals surface area contributed by atoms with E-state index in [1.807, 2.05) is 12.1 Å². The summed E-state index contributed by atoms with van der Waals surface area (Å²) in [6.45, 7) is 5.00. The first-order valence-electron chi connectivity index (χ1n) is 5.97. The van der Waals surface area contributed by atoms with Crippen LogP contribution in [0.1, 0.15) is 18.9 Å². The van der Waals surface area contributed by atoms with Crippen LogP contribution >= 0.6 is 35.6 Å². The Bertz CT molecular complexity index is 378. The van der Waals surface area contributed by atoms with Crippen molar-refractivity contribution >= 4 is 35.6 Å². The van der Waals surface area contributed by atoms with Gasteiger partial charge in [0.15, 0.2) is 0 Å². The van der Waals surface area contributed by atoms with Crippen LogP contribution in [0.3, 0.4) is 0 Å². The molecular formula is C13H19Cl3N2. The molecule has 2 atom stereocenters. The van der Waals surface area contributed by atoms with Crippen molar-refractivity contribution in [3.63, 3.8) is 0 Å². The highest BCUT2D eigenvalue weighted by molar-refractivity contribution is 6.34. The van der Waals surface area contributed by atoms with Crippen LogP contribution in [0.5, 0.6) is 0 Å². The number of hydrogen-bond donors (Lipinski definition) is 1. The summed E-state index contributed by atoms with van der Waals surface area (Å²) in [7, 11) is 0. The van der Waals surface area contributed by atoms with E-state index < -0.39 is 0 Å². The van der Waals surface area contributed by atoms with Crippen molar-refractivity contribution in [2.75, 3.05) is 13.1 Å². The number of halogens is 3. The third-order valence-electron chi connectivity index (χ3n) is 3.43. The van der Waals surface area contributed by atoms with E-state index in [9.17, 15) is 0 Å². The lowest BCUT2D eigenvalue weighted by molar-refractivity contribution is 0.256. The smallest absolute Gasteiger partial charge is 0.0424 e. The molecule has 5 heteroatoms. The largest absolute Gasteiger partial charge is 0.330 e. The maximum atomic E-state index is 6.00. The lowest BCUT2D eigenvalue weighted by Gasteiger charge is -2.21. The van der Waals surface area contributed by atoms with E-state index in [2.05, 4.69) is 11.8 Å². The molecule has 0 bridgehead atoms. The highest BCUT2D eigenvalue weighted by atomic mass is 35.5. The number of hydrogen-bond acceptors (Lipinski definition) is 2. The monoisotopic (exact) mass is 308 g/mol. The quantitative estimate of drug-likeness (QED) is 0.924. The minimum atomic E-state index is 0. The molecule has 2 nitrogen and oxygen atoms in total. The molecule has 0 aliphatic carbocycles. The first-order valence-corrected chi connectivity index (χ1v) is 6.73. The molecule has 1 fully saturated rings. The summed E-state index contributed by atoms with van der Waals surface area (Å²) in [6.07, 6.45) is 1.19. The molecule has 1 aliphatic heterocycles. The first kappa shape index (κ1) is 16.1. The second kappa shape index (κ2) is 6.97. The fourth-order valence-electron chi connectivity index (χ4n) is 2.55. The molecule has 0 aromatic heterocycles. The van der Waals surface area contributed by atoms with E-state index >= 15 is 0 Å². The molecule has 2 unspecified atom stereocenters. The highest BCUT2D eigenvalue weighted by Gasteiger charge is 2.27. The van der Waals surface area contributed by atoms with Gasteiger partial charge in [0, 0.05) is 29.2 Å². The van der Waals surface area contributed by atoms with Gasteiger partial charge in [-0.1, -0.05) is 23.2 Å². The molecule has 1 aromatic rings. The van der Waals surface area contributed by atoms with Crippen molar-refractivity contribution in [1.82, 2.24) is 4.90 Å². The van der Waals surface area contributed by atoms with Crippen molar-refractivity contribution in [2.24, 2.45) is 11.7 Å². The zero-order valence-corrected chi connectivity index (χ0v) is 12.7. The summed E-state index contributed by atoms with van der Waals surface area (Å²) in [5.41, 5.74) is 6.90. The first-order chi connectivity index (χ1) is 8.08. The van der Waals surface area contributed by atoms with Crippen LogP contribution in [-0.4, -0.2) is 24.0 Å². The zero-order chi connectivity index (χ0) is 12.4. The Morgan fingerprint density at radius 2 is 1.89 bits per heavy atom.